The first-order chi connectivity index (χ1) is 7.04. The van der Waals surface area contributed by atoms with Crippen LogP contribution >= 0.6 is 11.8 Å². The van der Waals surface area contributed by atoms with Gasteiger partial charge in [-0.25, -0.2) is 4.79 Å². The number of ether oxygens (including phenoxy) is 2. The molecule has 0 radical (unpaired) electrons. The van der Waals surface area contributed by atoms with Crippen molar-refractivity contribution < 1.29 is 19.1 Å². The average Bonchev–Trinajstić information content (AvgIpc) is 2.46. The molecular formula is C10H16O4S. The zero-order valence-electron chi connectivity index (χ0n) is 9.19. The summed E-state index contributed by atoms with van der Waals surface area (Å²) in [5.74, 6) is 0.754. The lowest BCUT2D eigenvalue weighted by molar-refractivity contribution is -0.127. The third-order valence-electron chi connectivity index (χ3n) is 2.11. The van der Waals surface area contributed by atoms with Gasteiger partial charge in [0.1, 0.15) is 0 Å². The second-order valence-corrected chi connectivity index (χ2v) is 4.80. The molecule has 15 heavy (non-hydrogen) atoms. The minimum atomic E-state index is -0.757. The highest BCUT2D eigenvalue weighted by atomic mass is 32.2. The third kappa shape index (κ3) is 3.41. The molecule has 1 fully saturated rings. The smallest absolute Gasteiger partial charge is 0.432 e. The summed E-state index contributed by atoms with van der Waals surface area (Å²) in [6.07, 6.45) is -0.182. The van der Waals surface area contributed by atoms with Crippen molar-refractivity contribution in [3.63, 3.8) is 0 Å². The van der Waals surface area contributed by atoms with Crippen molar-refractivity contribution in [1.82, 2.24) is 0 Å². The van der Waals surface area contributed by atoms with E-state index >= 15 is 0 Å². The van der Waals surface area contributed by atoms with Gasteiger partial charge in [-0.15, -0.1) is 11.8 Å². The van der Waals surface area contributed by atoms with Crippen LogP contribution in [0.5, 0.6) is 0 Å². The van der Waals surface area contributed by atoms with Crippen LogP contribution in [-0.2, 0) is 14.3 Å². The Hall–Kier alpha value is -0.710. The molecule has 2 unspecified atom stereocenters. The van der Waals surface area contributed by atoms with Gasteiger partial charge in [0.15, 0.2) is 5.78 Å². The van der Waals surface area contributed by atoms with E-state index in [1.165, 1.54) is 11.8 Å². The first-order valence-corrected chi connectivity index (χ1v) is 6.12. The Morgan fingerprint density at radius 3 is 2.73 bits per heavy atom. The van der Waals surface area contributed by atoms with Crippen molar-refractivity contribution in [1.29, 1.82) is 0 Å². The van der Waals surface area contributed by atoms with E-state index in [-0.39, 0.29) is 17.8 Å². The molecule has 0 spiro atoms. The lowest BCUT2D eigenvalue weighted by atomic mass is 10.1. The lowest BCUT2D eigenvalue weighted by Crippen LogP contribution is -2.25. The maximum absolute atomic E-state index is 11.6. The molecule has 0 aromatic carbocycles. The topological polar surface area (TPSA) is 52.6 Å². The number of carbonyl (C=O) groups excluding carboxylic acids is 2. The Balaban J connectivity index is 2.40. The molecule has 0 bridgehead atoms. The van der Waals surface area contributed by atoms with Gasteiger partial charge in [0.25, 0.3) is 0 Å². The Labute approximate surface area is 93.7 Å². The van der Waals surface area contributed by atoms with Crippen LogP contribution < -0.4 is 0 Å². The summed E-state index contributed by atoms with van der Waals surface area (Å²) >= 11 is 1.37. The quantitative estimate of drug-likeness (QED) is 0.698. The molecule has 0 aromatic rings. The van der Waals surface area contributed by atoms with Crippen molar-refractivity contribution in [2.24, 2.45) is 5.92 Å². The number of Topliss-reactive ketones (excluding diaryl/α,β-unsaturated/α-hetero) is 1. The van der Waals surface area contributed by atoms with E-state index in [1.807, 2.05) is 6.92 Å². The summed E-state index contributed by atoms with van der Waals surface area (Å²) < 4.78 is 9.72. The molecule has 1 aliphatic rings. The molecule has 1 aliphatic heterocycles. The molecule has 0 aromatic heterocycles. The monoisotopic (exact) mass is 232 g/mol. The van der Waals surface area contributed by atoms with Crippen molar-refractivity contribution in [2.45, 2.75) is 38.7 Å². The molecule has 5 heteroatoms. The Morgan fingerprint density at radius 2 is 2.27 bits per heavy atom. The molecule has 4 nitrogen and oxygen atoms in total. The van der Waals surface area contributed by atoms with Crippen LogP contribution in [0.1, 0.15) is 27.2 Å². The number of thioether (sulfide) groups is 1. The second-order valence-electron chi connectivity index (χ2n) is 3.71. The molecule has 0 amide bonds. The van der Waals surface area contributed by atoms with Crippen molar-refractivity contribution >= 4 is 23.7 Å². The van der Waals surface area contributed by atoms with Crippen LogP contribution in [0.2, 0.25) is 0 Å². The highest BCUT2D eigenvalue weighted by Crippen LogP contribution is 2.31. The van der Waals surface area contributed by atoms with Gasteiger partial charge in [-0.2, -0.15) is 0 Å². The van der Waals surface area contributed by atoms with Gasteiger partial charge in [-0.3, -0.25) is 4.79 Å². The van der Waals surface area contributed by atoms with Crippen molar-refractivity contribution in [3.05, 3.63) is 0 Å². The third-order valence-corrected chi connectivity index (χ3v) is 3.34. The van der Waals surface area contributed by atoms with Gasteiger partial charge in [0.2, 0.25) is 5.44 Å². The molecule has 0 aliphatic carbocycles. The summed E-state index contributed by atoms with van der Waals surface area (Å²) in [6, 6.07) is 0. The largest absolute Gasteiger partial charge is 0.510 e. The molecule has 0 saturated carbocycles. The van der Waals surface area contributed by atoms with E-state index in [9.17, 15) is 9.59 Å². The predicted octanol–water partition coefficient (Wildman–Crippen LogP) is 2.22. The van der Waals surface area contributed by atoms with Crippen LogP contribution in [-0.4, -0.2) is 29.2 Å². The highest BCUT2D eigenvalue weighted by Gasteiger charge is 2.36. The van der Waals surface area contributed by atoms with Gasteiger partial charge in [-0.1, -0.05) is 6.92 Å². The highest BCUT2D eigenvalue weighted by molar-refractivity contribution is 8.01. The minimum Gasteiger partial charge on any atom is -0.432 e. The van der Waals surface area contributed by atoms with Gasteiger partial charge < -0.3 is 9.47 Å². The van der Waals surface area contributed by atoms with Gasteiger partial charge >= 0.3 is 6.16 Å². The summed E-state index contributed by atoms with van der Waals surface area (Å²) in [5.41, 5.74) is -0.666. The summed E-state index contributed by atoms with van der Waals surface area (Å²) in [7, 11) is 0. The summed E-state index contributed by atoms with van der Waals surface area (Å²) in [5, 5.41) is 0. The zero-order chi connectivity index (χ0) is 11.4. The molecule has 86 valence electrons. The van der Waals surface area contributed by atoms with Gasteiger partial charge in [0, 0.05) is 11.7 Å². The first kappa shape index (κ1) is 12.4. The number of carbonyl (C=O) groups is 2. The Bertz CT molecular complexity index is 252. The van der Waals surface area contributed by atoms with Crippen LogP contribution in [0, 0.1) is 5.92 Å². The lowest BCUT2D eigenvalue weighted by Gasteiger charge is -2.12. The summed E-state index contributed by atoms with van der Waals surface area (Å²) in [6.45, 7) is 5.43. The minimum absolute atomic E-state index is 0.00297. The van der Waals surface area contributed by atoms with Crippen LogP contribution in [0.15, 0.2) is 0 Å². The van der Waals surface area contributed by atoms with Crippen LogP contribution in [0.25, 0.3) is 0 Å². The van der Waals surface area contributed by atoms with E-state index in [0.29, 0.717) is 0 Å². The maximum Gasteiger partial charge on any atom is 0.510 e. The fraction of sp³-hybridized carbons (Fsp3) is 0.800. The summed E-state index contributed by atoms with van der Waals surface area (Å²) in [4.78, 5) is 22.7. The number of ketones is 1. The van der Waals surface area contributed by atoms with E-state index in [0.717, 1.165) is 12.2 Å². The van der Waals surface area contributed by atoms with E-state index in [4.69, 9.17) is 9.47 Å². The normalized spacial score (nSPS) is 25.7. The van der Waals surface area contributed by atoms with Crippen LogP contribution in [0.4, 0.5) is 4.79 Å². The molecular weight excluding hydrogens is 216 g/mol. The second kappa shape index (κ2) is 5.39. The Morgan fingerprint density at radius 1 is 1.60 bits per heavy atom. The molecule has 2 atom stereocenters. The molecule has 0 N–H and O–H groups in total. The maximum atomic E-state index is 11.6. The first-order valence-electron chi connectivity index (χ1n) is 5.07. The van der Waals surface area contributed by atoms with Crippen molar-refractivity contribution in [3.8, 4) is 0 Å². The molecule has 1 rings (SSSR count). The molecule has 1 heterocycles. The fourth-order valence-electron chi connectivity index (χ4n) is 1.28. The SMILES string of the molecule is CCC1CSC(OC(=O)OC(C)C)C1=O. The van der Waals surface area contributed by atoms with E-state index in [2.05, 4.69) is 0 Å². The van der Waals surface area contributed by atoms with Gasteiger partial charge in [-0.05, 0) is 20.3 Å². The number of rotatable bonds is 3. The van der Waals surface area contributed by atoms with Gasteiger partial charge in [0.05, 0.1) is 6.10 Å². The molecule has 1 saturated heterocycles. The Kier molecular flexibility index (Phi) is 4.45. The average molecular weight is 232 g/mol. The van der Waals surface area contributed by atoms with E-state index < -0.39 is 11.6 Å². The standard InChI is InChI=1S/C10H16O4S/c1-4-7-5-15-9(8(7)11)14-10(12)13-6(2)3/h6-7,9H,4-5H2,1-3H3. The zero-order valence-corrected chi connectivity index (χ0v) is 10.0. The van der Waals surface area contributed by atoms with Crippen LogP contribution in [0.3, 0.4) is 0 Å². The number of hydrogen-bond donors (Lipinski definition) is 0. The van der Waals surface area contributed by atoms with E-state index in [1.54, 1.807) is 13.8 Å². The number of hydrogen-bond acceptors (Lipinski definition) is 5. The fourth-order valence-corrected chi connectivity index (χ4v) is 2.59. The predicted molar refractivity (Wildman–Crippen MR) is 57.7 cm³/mol. The van der Waals surface area contributed by atoms with Crippen molar-refractivity contribution in [2.75, 3.05) is 5.75 Å².